The fraction of sp³-hybridized carbons (Fsp3) is 0.889. The van der Waals surface area contributed by atoms with E-state index < -0.39 is 23.5 Å². The Hall–Kier alpha value is -0.740. The maximum atomic E-state index is 12.3. The van der Waals surface area contributed by atoms with E-state index in [0.29, 0.717) is 0 Å². The molecule has 0 aliphatic heterocycles. The Bertz CT molecular complexity index is 205. The van der Waals surface area contributed by atoms with Gasteiger partial charge in [0.05, 0.1) is 0 Å². The molecule has 0 bridgehead atoms. The van der Waals surface area contributed by atoms with Gasteiger partial charge in [-0.1, -0.05) is 27.7 Å². The first-order valence-corrected chi connectivity index (χ1v) is 4.46. The monoisotopic (exact) mass is 211 g/mol. The summed E-state index contributed by atoms with van der Waals surface area (Å²) in [7, 11) is 0. The zero-order valence-corrected chi connectivity index (χ0v) is 8.83. The fourth-order valence-electron chi connectivity index (χ4n) is 0.790. The van der Waals surface area contributed by atoms with Crippen LogP contribution in [0.4, 0.5) is 13.2 Å². The van der Waals surface area contributed by atoms with Crippen molar-refractivity contribution in [2.24, 2.45) is 5.41 Å². The van der Waals surface area contributed by atoms with Gasteiger partial charge in [-0.25, -0.2) is 0 Å². The first-order valence-electron chi connectivity index (χ1n) is 4.46. The highest BCUT2D eigenvalue weighted by Crippen LogP contribution is 2.23. The topological polar surface area (TPSA) is 29.1 Å². The van der Waals surface area contributed by atoms with Crippen LogP contribution >= 0.6 is 0 Å². The van der Waals surface area contributed by atoms with Gasteiger partial charge in [-0.2, -0.15) is 13.2 Å². The highest BCUT2D eigenvalue weighted by Gasteiger charge is 2.40. The van der Waals surface area contributed by atoms with Crippen molar-refractivity contribution in [3.05, 3.63) is 0 Å². The molecule has 84 valence electrons. The van der Waals surface area contributed by atoms with Gasteiger partial charge in [0.2, 0.25) is 5.91 Å². The number of carbonyl (C=O) groups excluding carboxylic acids is 1. The maximum absolute atomic E-state index is 12.3. The number of carbonyl (C=O) groups is 1. The van der Waals surface area contributed by atoms with E-state index in [1.54, 1.807) is 20.8 Å². The van der Waals surface area contributed by atoms with E-state index in [-0.39, 0.29) is 6.42 Å². The number of amides is 1. The van der Waals surface area contributed by atoms with Crippen LogP contribution in [0.5, 0.6) is 0 Å². The van der Waals surface area contributed by atoms with Gasteiger partial charge in [0.25, 0.3) is 0 Å². The molecule has 0 radical (unpaired) electrons. The van der Waals surface area contributed by atoms with Crippen molar-refractivity contribution < 1.29 is 18.0 Å². The van der Waals surface area contributed by atoms with Gasteiger partial charge in [-0.3, -0.25) is 4.79 Å². The number of halogens is 3. The van der Waals surface area contributed by atoms with Crippen LogP contribution in [0.3, 0.4) is 0 Å². The van der Waals surface area contributed by atoms with Crippen LogP contribution in [-0.4, -0.2) is 18.1 Å². The molecule has 0 aromatic heterocycles. The lowest BCUT2D eigenvalue weighted by molar-refractivity contribution is -0.164. The molecule has 1 N–H and O–H groups in total. The Kier molecular flexibility index (Phi) is 3.97. The van der Waals surface area contributed by atoms with Crippen LogP contribution in [-0.2, 0) is 4.79 Å². The predicted molar refractivity (Wildman–Crippen MR) is 47.7 cm³/mol. The fourth-order valence-corrected chi connectivity index (χ4v) is 0.790. The maximum Gasteiger partial charge on any atom is 0.408 e. The summed E-state index contributed by atoms with van der Waals surface area (Å²) in [6, 6.07) is -1.74. The van der Waals surface area contributed by atoms with E-state index >= 15 is 0 Å². The van der Waals surface area contributed by atoms with Crippen molar-refractivity contribution >= 4 is 5.91 Å². The zero-order valence-electron chi connectivity index (χ0n) is 8.83. The summed E-state index contributed by atoms with van der Waals surface area (Å²) in [5, 5.41) is 1.98. The lowest BCUT2D eigenvalue weighted by atomic mass is 9.95. The standard InChI is InChI=1S/C9H16F3NO/c1-5-6(9(10,11)12)13-7(14)8(2,3)4/h6H,5H2,1-4H3,(H,13,14). The highest BCUT2D eigenvalue weighted by atomic mass is 19.4. The molecule has 0 heterocycles. The minimum absolute atomic E-state index is 0.147. The highest BCUT2D eigenvalue weighted by molar-refractivity contribution is 5.81. The van der Waals surface area contributed by atoms with Crippen molar-refractivity contribution in [3.63, 3.8) is 0 Å². The van der Waals surface area contributed by atoms with Gasteiger partial charge < -0.3 is 5.32 Å². The normalized spacial score (nSPS) is 15.1. The van der Waals surface area contributed by atoms with Crippen LogP contribution < -0.4 is 5.32 Å². The predicted octanol–water partition coefficient (Wildman–Crippen LogP) is 2.49. The molecule has 0 aliphatic rings. The van der Waals surface area contributed by atoms with E-state index in [2.05, 4.69) is 0 Å². The van der Waals surface area contributed by atoms with Gasteiger partial charge in [0.1, 0.15) is 6.04 Å². The summed E-state index contributed by atoms with van der Waals surface area (Å²) in [5.74, 6) is -0.582. The number of hydrogen-bond donors (Lipinski definition) is 1. The van der Waals surface area contributed by atoms with Gasteiger partial charge in [-0.15, -0.1) is 0 Å². The van der Waals surface area contributed by atoms with Gasteiger partial charge >= 0.3 is 6.18 Å². The Morgan fingerprint density at radius 2 is 1.71 bits per heavy atom. The third-order valence-electron chi connectivity index (χ3n) is 1.79. The quantitative estimate of drug-likeness (QED) is 0.747. The Balaban J connectivity index is 4.43. The van der Waals surface area contributed by atoms with Crippen molar-refractivity contribution in [3.8, 4) is 0 Å². The first kappa shape index (κ1) is 13.3. The Labute approximate surface area is 81.9 Å². The molecule has 5 heteroatoms. The summed E-state index contributed by atoms with van der Waals surface area (Å²) in [5.41, 5.74) is -0.793. The average Bonchev–Trinajstić information content (AvgIpc) is 1.95. The van der Waals surface area contributed by atoms with E-state index in [1.807, 2.05) is 5.32 Å². The molecule has 1 atom stereocenters. The molecule has 0 aromatic carbocycles. The molecular weight excluding hydrogens is 195 g/mol. The average molecular weight is 211 g/mol. The van der Waals surface area contributed by atoms with E-state index in [9.17, 15) is 18.0 Å². The smallest absolute Gasteiger partial charge is 0.344 e. The van der Waals surface area contributed by atoms with Crippen LogP contribution in [0.25, 0.3) is 0 Å². The van der Waals surface area contributed by atoms with E-state index in [4.69, 9.17) is 0 Å². The molecule has 14 heavy (non-hydrogen) atoms. The zero-order chi connectivity index (χ0) is 11.6. The molecule has 0 aliphatic carbocycles. The molecule has 2 nitrogen and oxygen atoms in total. The first-order chi connectivity index (χ1) is 6.09. The van der Waals surface area contributed by atoms with Crippen LogP contribution in [0.1, 0.15) is 34.1 Å². The summed E-state index contributed by atoms with van der Waals surface area (Å²) in [6.45, 7) is 6.11. The van der Waals surface area contributed by atoms with Crippen molar-refractivity contribution in [2.45, 2.75) is 46.3 Å². The summed E-state index contributed by atoms with van der Waals surface area (Å²) >= 11 is 0. The van der Waals surface area contributed by atoms with Gasteiger partial charge in [-0.05, 0) is 6.42 Å². The SMILES string of the molecule is CCC(NC(=O)C(C)(C)C)C(F)(F)F. The second-order valence-electron chi connectivity index (χ2n) is 4.23. The van der Waals surface area contributed by atoms with Crippen molar-refractivity contribution in [2.75, 3.05) is 0 Å². The molecule has 0 rings (SSSR count). The third kappa shape index (κ3) is 3.98. The summed E-state index contributed by atoms with van der Waals surface area (Å²) in [6.07, 6.45) is -4.51. The Morgan fingerprint density at radius 1 is 1.29 bits per heavy atom. The summed E-state index contributed by atoms with van der Waals surface area (Å²) < 4.78 is 36.8. The lowest BCUT2D eigenvalue weighted by Gasteiger charge is -2.25. The number of nitrogens with one attached hydrogen (secondary N) is 1. The second kappa shape index (κ2) is 4.19. The molecule has 1 unspecified atom stereocenters. The number of rotatable bonds is 2. The third-order valence-corrected chi connectivity index (χ3v) is 1.79. The van der Waals surface area contributed by atoms with Crippen LogP contribution in [0, 0.1) is 5.41 Å². The Morgan fingerprint density at radius 3 is 1.93 bits per heavy atom. The molecule has 1 amide bonds. The molecule has 0 saturated carbocycles. The van der Waals surface area contributed by atoms with Crippen LogP contribution in [0.2, 0.25) is 0 Å². The van der Waals surface area contributed by atoms with Crippen LogP contribution in [0.15, 0.2) is 0 Å². The van der Waals surface area contributed by atoms with Crippen molar-refractivity contribution in [1.82, 2.24) is 5.32 Å². The number of hydrogen-bond acceptors (Lipinski definition) is 1. The van der Waals surface area contributed by atoms with Gasteiger partial charge in [0, 0.05) is 5.41 Å². The minimum atomic E-state index is -4.37. The summed E-state index contributed by atoms with van der Waals surface area (Å²) in [4.78, 5) is 11.3. The molecule has 0 spiro atoms. The van der Waals surface area contributed by atoms with E-state index in [1.165, 1.54) is 6.92 Å². The number of alkyl halides is 3. The molecule has 0 aromatic rings. The largest absolute Gasteiger partial charge is 0.408 e. The second-order valence-corrected chi connectivity index (χ2v) is 4.23. The van der Waals surface area contributed by atoms with Crippen molar-refractivity contribution in [1.29, 1.82) is 0 Å². The van der Waals surface area contributed by atoms with E-state index in [0.717, 1.165) is 0 Å². The minimum Gasteiger partial charge on any atom is -0.344 e. The molecule has 0 saturated heterocycles. The van der Waals surface area contributed by atoms with Gasteiger partial charge in [0.15, 0.2) is 0 Å². The lowest BCUT2D eigenvalue weighted by Crippen LogP contribution is -2.48. The molecule has 0 fully saturated rings. The molecular formula is C9H16F3NO.